The first-order valence-corrected chi connectivity index (χ1v) is 8.50. The van der Waals surface area contributed by atoms with Gasteiger partial charge in [-0.25, -0.2) is 0 Å². The van der Waals surface area contributed by atoms with Crippen molar-refractivity contribution in [2.75, 3.05) is 0 Å². The first-order chi connectivity index (χ1) is 12.0. The summed E-state index contributed by atoms with van der Waals surface area (Å²) < 4.78 is 2.18. The van der Waals surface area contributed by atoms with E-state index in [-0.39, 0.29) is 5.02 Å². The Morgan fingerprint density at radius 1 is 0.880 bits per heavy atom. The summed E-state index contributed by atoms with van der Waals surface area (Å²) in [4.78, 5) is 23.7. The lowest BCUT2D eigenvalue weighted by Gasteiger charge is -2.12. The highest BCUT2D eigenvalue weighted by Crippen LogP contribution is 2.36. The molecule has 0 saturated heterocycles. The lowest BCUT2D eigenvalue weighted by Crippen LogP contribution is -2.33. The Labute approximate surface area is 149 Å². The van der Waals surface area contributed by atoms with E-state index in [9.17, 15) is 9.59 Å². The van der Waals surface area contributed by atoms with Crippen molar-refractivity contribution in [1.29, 1.82) is 0 Å². The average molecular weight is 350 g/mol. The Balaban J connectivity index is 1.98. The molecule has 0 atom stereocenters. The average Bonchev–Trinajstić information content (AvgIpc) is 2.89. The molecule has 4 heteroatoms. The van der Waals surface area contributed by atoms with Crippen molar-refractivity contribution in [2.45, 2.75) is 20.4 Å². The summed E-state index contributed by atoms with van der Waals surface area (Å²) in [7, 11) is 0. The SMILES string of the molecule is Cc1ccccc1Cn1c(C)c(-c2c(Cl)c(=O)c2=O)c2ccccc21. The fraction of sp³-hybridized carbons (Fsp3) is 0.143. The van der Waals surface area contributed by atoms with Crippen LogP contribution in [0.15, 0.2) is 58.1 Å². The molecule has 0 amide bonds. The maximum atomic E-state index is 12.1. The molecule has 124 valence electrons. The van der Waals surface area contributed by atoms with Crippen molar-refractivity contribution in [3.05, 3.63) is 90.8 Å². The molecule has 0 fully saturated rings. The molecule has 1 heterocycles. The molecule has 0 saturated carbocycles. The molecule has 0 unspecified atom stereocenters. The van der Waals surface area contributed by atoms with Gasteiger partial charge in [0.15, 0.2) is 0 Å². The van der Waals surface area contributed by atoms with E-state index in [2.05, 4.69) is 23.6 Å². The van der Waals surface area contributed by atoms with Crippen molar-refractivity contribution >= 4 is 22.5 Å². The predicted octanol–water partition coefficient (Wildman–Crippen LogP) is 4.22. The van der Waals surface area contributed by atoms with Gasteiger partial charge < -0.3 is 4.57 Å². The van der Waals surface area contributed by atoms with Gasteiger partial charge in [-0.1, -0.05) is 54.1 Å². The van der Waals surface area contributed by atoms with E-state index in [1.807, 2.05) is 43.3 Å². The summed E-state index contributed by atoms with van der Waals surface area (Å²) in [5.41, 5.74) is 4.45. The quantitative estimate of drug-likeness (QED) is 0.519. The van der Waals surface area contributed by atoms with Crippen LogP contribution < -0.4 is 10.9 Å². The Morgan fingerprint density at radius 3 is 2.28 bits per heavy atom. The Kier molecular flexibility index (Phi) is 3.62. The van der Waals surface area contributed by atoms with E-state index in [0.29, 0.717) is 12.1 Å². The van der Waals surface area contributed by atoms with Gasteiger partial charge in [0, 0.05) is 28.7 Å². The molecule has 3 nitrogen and oxygen atoms in total. The van der Waals surface area contributed by atoms with E-state index in [0.717, 1.165) is 22.2 Å². The second-order valence-electron chi connectivity index (χ2n) is 6.34. The number of aromatic nitrogens is 1. The lowest BCUT2D eigenvalue weighted by molar-refractivity contribution is 0.800. The van der Waals surface area contributed by atoms with Crippen molar-refractivity contribution in [3.63, 3.8) is 0 Å². The lowest BCUT2D eigenvalue weighted by atomic mass is 9.98. The first-order valence-electron chi connectivity index (χ1n) is 8.12. The van der Waals surface area contributed by atoms with Crippen molar-refractivity contribution in [3.8, 4) is 11.1 Å². The molecule has 0 spiro atoms. The Morgan fingerprint density at radius 2 is 1.56 bits per heavy atom. The van der Waals surface area contributed by atoms with Crippen LogP contribution in [0.4, 0.5) is 0 Å². The normalized spacial score (nSPS) is 11.5. The Hall–Kier alpha value is -2.65. The van der Waals surface area contributed by atoms with Crippen LogP contribution in [0.5, 0.6) is 0 Å². The van der Waals surface area contributed by atoms with Gasteiger partial charge in [-0.2, -0.15) is 0 Å². The summed E-state index contributed by atoms with van der Waals surface area (Å²) in [6.45, 7) is 4.76. The number of fused-ring (bicyclic) bond motifs is 1. The molecular weight excluding hydrogens is 334 g/mol. The zero-order valence-electron chi connectivity index (χ0n) is 14.0. The van der Waals surface area contributed by atoms with E-state index < -0.39 is 10.9 Å². The third-order valence-electron chi connectivity index (χ3n) is 4.92. The number of benzene rings is 2. The maximum Gasteiger partial charge on any atom is 0.245 e. The summed E-state index contributed by atoms with van der Waals surface area (Å²) in [5, 5.41) is 0.995. The van der Waals surface area contributed by atoms with E-state index in [4.69, 9.17) is 11.6 Å². The third kappa shape index (κ3) is 2.27. The molecule has 0 radical (unpaired) electrons. The minimum absolute atomic E-state index is 0.0481. The Bertz CT molecular complexity index is 1190. The number of nitrogens with zero attached hydrogens (tertiary/aromatic N) is 1. The molecule has 0 aliphatic rings. The molecule has 0 aliphatic heterocycles. The second-order valence-corrected chi connectivity index (χ2v) is 6.72. The first kappa shape index (κ1) is 15.9. The summed E-state index contributed by atoms with van der Waals surface area (Å²) in [6, 6.07) is 16.2. The summed E-state index contributed by atoms with van der Waals surface area (Å²) >= 11 is 6.06. The maximum absolute atomic E-state index is 12.1. The van der Waals surface area contributed by atoms with Crippen LogP contribution in [0.1, 0.15) is 16.8 Å². The fourth-order valence-corrected chi connectivity index (χ4v) is 3.76. The van der Waals surface area contributed by atoms with Crippen LogP contribution in [-0.4, -0.2) is 4.57 Å². The molecule has 3 aromatic carbocycles. The molecule has 4 rings (SSSR count). The molecule has 1 aromatic heterocycles. The van der Waals surface area contributed by atoms with Gasteiger partial charge in [-0.15, -0.1) is 0 Å². The van der Waals surface area contributed by atoms with Gasteiger partial charge in [-0.05, 0) is 31.0 Å². The van der Waals surface area contributed by atoms with Crippen LogP contribution in [-0.2, 0) is 6.54 Å². The van der Waals surface area contributed by atoms with Crippen LogP contribution in [0.2, 0.25) is 5.02 Å². The van der Waals surface area contributed by atoms with Crippen molar-refractivity contribution in [2.24, 2.45) is 0 Å². The number of halogens is 1. The third-order valence-corrected chi connectivity index (χ3v) is 5.28. The molecule has 25 heavy (non-hydrogen) atoms. The molecule has 4 aromatic rings. The number of hydrogen-bond acceptors (Lipinski definition) is 2. The number of aryl methyl sites for hydroxylation is 1. The molecule has 0 bridgehead atoms. The minimum Gasteiger partial charge on any atom is -0.340 e. The van der Waals surface area contributed by atoms with E-state index >= 15 is 0 Å². The second kappa shape index (κ2) is 5.71. The van der Waals surface area contributed by atoms with Gasteiger partial charge in [0.25, 0.3) is 0 Å². The topological polar surface area (TPSA) is 39.1 Å². The number of para-hydroxylation sites is 1. The number of hydrogen-bond donors (Lipinski definition) is 0. The highest BCUT2D eigenvalue weighted by atomic mass is 35.5. The van der Waals surface area contributed by atoms with Crippen LogP contribution >= 0.6 is 11.6 Å². The summed E-state index contributed by atoms with van der Waals surface area (Å²) in [6.07, 6.45) is 0. The summed E-state index contributed by atoms with van der Waals surface area (Å²) in [5.74, 6) is 0. The van der Waals surface area contributed by atoms with Gasteiger partial charge in [0.2, 0.25) is 10.9 Å². The van der Waals surface area contributed by atoms with Gasteiger partial charge in [0.1, 0.15) is 5.02 Å². The highest BCUT2D eigenvalue weighted by molar-refractivity contribution is 6.34. The monoisotopic (exact) mass is 349 g/mol. The zero-order valence-corrected chi connectivity index (χ0v) is 14.7. The molecular formula is C21H16ClNO2. The van der Waals surface area contributed by atoms with Crippen molar-refractivity contribution < 1.29 is 0 Å². The zero-order chi connectivity index (χ0) is 17.7. The van der Waals surface area contributed by atoms with Gasteiger partial charge >= 0.3 is 0 Å². The van der Waals surface area contributed by atoms with Crippen molar-refractivity contribution in [1.82, 2.24) is 4.57 Å². The van der Waals surface area contributed by atoms with E-state index in [1.54, 1.807) is 0 Å². The molecule has 0 N–H and O–H groups in total. The fourth-order valence-electron chi connectivity index (χ4n) is 3.50. The van der Waals surface area contributed by atoms with E-state index in [1.165, 1.54) is 11.1 Å². The van der Waals surface area contributed by atoms with Crippen LogP contribution in [0.3, 0.4) is 0 Å². The predicted molar refractivity (Wildman–Crippen MR) is 102 cm³/mol. The molecule has 0 aliphatic carbocycles. The van der Waals surface area contributed by atoms with Gasteiger partial charge in [-0.3, -0.25) is 9.59 Å². The smallest absolute Gasteiger partial charge is 0.245 e. The van der Waals surface area contributed by atoms with Crippen LogP contribution in [0, 0.1) is 13.8 Å². The number of rotatable bonds is 3. The van der Waals surface area contributed by atoms with Gasteiger partial charge in [0.05, 0.1) is 5.56 Å². The largest absolute Gasteiger partial charge is 0.340 e. The highest BCUT2D eigenvalue weighted by Gasteiger charge is 2.26. The minimum atomic E-state index is -0.591. The van der Waals surface area contributed by atoms with Crippen LogP contribution in [0.25, 0.3) is 22.0 Å². The standard InChI is InChI=1S/C21H16ClNO2/c1-12-7-3-4-8-14(12)11-23-13(2)17(15-9-5-6-10-16(15)23)18-19(22)21(25)20(18)24/h3-10H,11H2,1-2H3.